The van der Waals surface area contributed by atoms with Crippen LogP contribution >= 0.6 is 15.9 Å². The molecule has 0 radical (unpaired) electrons. The molecule has 0 heterocycles. The second-order valence-electron chi connectivity index (χ2n) is 4.77. The van der Waals surface area contributed by atoms with E-state index in [9.17, 15) is 9.18 Å². The Bertz CT molecular complexity index is 447. The lowest BCUT2D eigenvalue weighted by Gasteiger charge is -2.22. The van der Waals surface area contributed by atoms with Crippen LogP contribution < -0.4 is 10.1 Å². The van der Waals surface area contributed by atoms with Gasteiger partial charge in [0.2, 0.25) is 0 Å². The van der Waals surface area contributed by atoms with Crippen LogP contribution in [0.3, 0.4) is 0 Å². The third-order valence-corrected chi connectivity index (χ3v) is 3.72. The molecule has 0 atom stereocenters. The molecule has 5 heteroatoms. The summed E-state index contributed by atoms with van der Waals surface area (Å²) in [5.41, 5.74) is 0. The van der Waals surface area contributed by atoms with E-state index in [1.807, 2.05) is 0 Å². The van der Waals surface area contributed by atoms with E-state index in [1.54, 1.807) is 6.07 Å². The van der Waals surface area contributed by atoms with Gasteiger partial charge in [0, 0.05) is 10.5 Å². The number of benzene rings is 1. The molecule has 104 valence electrons. The molecule has 2 rings (SSSR count). The van der Waals surface area contributed by atoms with Crippen LogP contribution in [-0.4, -0.2) is 18.6 Å². The predicted molar refractivity (Wildman–Crippen MR) is 74.6 cm³/mol. The first-order valence-corrected chi connectivity index (χ1v) is 7.31. The van der Waals surface area contributed by atoms with Gasteiger partial charge in [0.25, 0.3) is 5.91 Å². The Hall–Kier alpha value is -1.10. The summed E-state index contributed by atoms with van der Waals surface area (Å²) >= 11 is 3.17. The molecule has 0 unspecified atom stereocenters. The minimum absolute atomic E-state index is 0.0991. The smallest absolute Gasteiger partial charge is 0.258 e. The number of amides is 1. The van der Waals surface area contributed by atoms with Gasteiger partial charge >= 0.3 is 0 Å². The summed E-state index contributed by atoms with van der Waals surface area (Å²) in [5.74, 6) is -0.559. The highest BCUT2D eigenvalue weighted by Crippen LogP contribution is 2.21. The maximum Gasteiger partial charge on any atom is 0.258 e. The van der Waals surface area contributed by atoms with Gasteiger partial charge in [-0.05, 0) is 31.0 Å². The van der Waals surface area contributed by atoms with Crippen LogP contribution in [0.1, 0.15) is 32.1 Å². The number of rotatable bonds is 4. The molecule has 1 aliphatic rings. The van der Waals surface area contributed by atoms with Crippen LogP contribution in [0.15, 0.2) is 22.7 Å². The van der Waals surface area contributed by atoms with Gasteiger partial charge in [-0.15, -0.1) is 0 Å². The maximum atomic E-state index is 13.5. The molecule has 0 spiro atoms. The van der Waals surface area contributed by atoms with E-state index in [-0.39, 0.29) is 24.3 Å². The summed E-state index contributed by atoms with van der Waals surface area (Å²) in [6, 6.07) is 4.75. The number of halogens is 2. The zero-order valence-corrected chi connectivity index (χ0v) is 12.2. The third kappa shape index (κ3) is 4.49. The summed E-state index contributed by atoms with van der Waals surface area (Å²) in [7, 11) is 0. The number of ether oxygens (including phenoxy) is 1. The molecule has 1 aromatic rings. The lowest BCUT2D eigenvalue weighted by atomic mass is 9.95. The van der Waals surface area contributed by atoms with E-state index >= 15 is 0 Å². The van der Waals surface area contributed by atoms with Crippen LogP contribution in [-0.2, 0) is 4.79 Å². The highest BCUT2D eigenvalue weighted by atomic mass is 79.9. The Kier molecular flexibility index (Phi) is 5.19. The van der Waals surface area contributed by atoms with E-state index in [1.165, 1.54) is 18.6 Å². The molecule has 1 N–H and O–H groups in total. The third-order valence-electron chi connectivity index (χ3n) is 3.22. The van der Waals surface area contributed by atoms with Crippen molar-refractivity contribution in [1.29, 1.82) is 0 Å². The van der Waals surface area contributed by atoms with E-state index in [0.29, 0.717) is 4.47 Å². The molecule has 0 aromatic heterocycles. The van der Waals surface area contributed by atoms with Crippen molar-refractivity contribution in [1.82, 2.24) is 5.32 Å². The zero-order valence-electron chi connectivity index (χ0n) is 10.6. The van der Waals surface area contributed by atoms with Gasteiger partial charge in [-0.3, -0.25) is 4.79 Å². The first-order chi connectivity index (χ1) is 9.15. The molecule has 19 heavy (non-hydrogen) atoms. The molecular weight excluding hydrogens is 313 g/mol. The van der Waals surface area contributed by atoms with Gasteiger partial charge in [0.05, 0.1) is 0 Å². The highest BCUT2D eigenvalue weighted by molar-refractivity contribution is 9.10. The van der Waals surface area contributed by atoms with Gasteiger partial charge in [-0.1, -0.05) is 35.2 Å². The molecule has 3 nitrogen and oxygen atoms in total. The normalized spacial score (nSPS) is 16.1. The monoisotopic (exact) mass is 329 g/mol. The molecule has 0 saturated heterocycles. The van der Waals surface area contributed by atoms with E-state index < -0.39 is 5.82 Å². The summed E-state index contributed by atoms with van der Waals surface area (Å²) in [6.07, 6.45) is 5.62. The van der Waals surface area contributed by atoms with Gasteiger partial charge in [-0.2, -0.15) is 0 Å². The van der Waals surface area contributed by atoms with Gasteiger partial charge in [0.15, 0.2) is 18.2 Å². The Morgan fingerprint density at radius 2 is 2.11 bits per heavy atom. The summed E-state index contributed by atoms with van der Waals surface area (Å²) < 4.78 is 19.3. The second-order valence-corrected chi connectivity index (χ2v) is 5.68. The topological polar surface area (TPSA) is 38.3 Å². The van der Waals surface area contributed by atoms with E-state index in [4.69, 9.17) is 4.74 Å². The highest BCUT2D eigenvalue weighted by Gasteiger charge is 2.16. The lowest BCUT2D eigenvalue weighted by Crippen LogP contribution is -2.39. The van der Waals surface area contributed by atoms with E-state index in [0.717, 1.165) is 25.7 Å². The second kappa shape index (κ2) is 6.89. The largest absolute Gasteiger partial charge is 0.481 e. The molecule has 0 aliphatic heterocycles. The minimum Gasteiger partial charge on any atom is -0.481 e. The van der Waals surface area contributed by atoms with Crippen molar-refractivity contribution in [3.05, 3.63) is 28.5 Å². The number of carbonyl (C=O) groups excluding carboxylic acids is 1. The first kappa shape index (κ1) is 14.3. The van der Waals surface area contributed by atoms with Crippen LogP contribution in [0.5, 0.6) is 5.75 Å². The van der Waals surface area contributed by atoms with Gasteiger partial charge < -0.3 is 10.1 Å². The van der Waals surface area contributed by atoms with Gasteiger partial charge in [-0.25, -0.2) is 4.39 Å². The van der Waals surface area contributed by atoms with Crippen molar-refractivity contribution < 1.29 is 13.9 Å². The fraction of sp³-hybridized carbons (Fsp3) is 0.500. The van der Waals surface area contributed by atoms with Crippen LogP contribution in [0.4, 0.5) is 4.39 Å². The van der Waals surface area contributed by atoms with Gasteiger partial charge in [0.1, 0.15) is 0 Å². The Morgan fingerprint density at radius 1 is 1.37 bits per heavy atom. The molecule has 1 aromatic carbocycles. The van der Waals surface area contributed by atoms with E-state index in [2.05, 4.69) is 21.2 Å². The molecular formula is C14H17BrFNO2. The van der Waals surface area contributed by atoms with Crippen molar-refractivity contribution >= 4 is 21.8 Å². The quantitative estimate of drug-likeness (QED) is 0.919. The first-order valence-electron chi connectivity index (χ1n) is 6.52. The molecule has 0 bridgehead atoms. The van der Waals surface area contributed by atoms with Crippen LogP contribution in [0.2, 0.25) is 0 Å². The SMILES string of the molecule is O=C(COc1ccc(Br)cc1F)NC1CCCCC1. The van der Waals surface area contributed by atoms with Crippen LogP contribution in [0.25, 0.3) is 0 Å². The maximum absolute atomic E-state index is 13.5. The average Bonchev–Trinajstić information content (AvgIpc) is 2.39. The van der Waals surface area contributed by atoms with Crippen LogP contribution in [0, 0.1) is 5.82 Å². The van der Waals surface area contributed by atoms with Crippen molar-refractivity contribution in [2.24, 2.45) is 0 Å². The number of nitrogens with one attached hydrogen (secondary N) is 1. The minimum atomic E-state index is -0.472. The Balaban J connectivity index is 1.79. The molecule has 1 amide bonds. The Morgan fingerprint density at radius 3 is 2.79 bits per heavy atom. The van der Waals surface area contributed by atoms with Crippen molar-refractivity contribution in [2.75, 3.05) is 6.61 Å². The summed E-state index contributed by atoms with van der Waals surface area (Å²) in [5, 5.41) is 2.92. The van der Waals surface area contributed by atoms with Crippen molar-refractivity contribution in [2.45, 2.75) is 38.1 Å². The number of hydrogen-bond donors (Lipinski definition) is 1. The number of carbonyl (C=O) groups is 1. The molecule has 1 fully saturated rings. The fourth-order valence-electron chi connectivity index (χ4n) is 2.25. The van der Waals surface area contributed by atoms with Crippen molar-refractivity contribution in [3.63, 3.8) is 0 Å². The van der Waals surface area contributed by atoms with Crippen molar-refractivity contribution in [3.8, 4) is 5.75 Å². The molecule has 1 aliphatic carbocycles. The number of hydrogen-bond acceptors (Lipinski definition) is 2. The molecule has 1 saturated carbocycles. The fourth-order valence-corrected chi connectivity index (χ4v) is 2.58. The average molecular weight is 330 g/mol. The Labute approximate surface area is 120 Å². The standard InChI is InChI=1S/C14H17BrFNO2/c15-10-6-7-13(12(16)8-10)19-9-14(18)17-11-4-2-1-3-5-11/h6-8,11H,1-5,9H2,(H,17,18). The predicted octanol–water partition coefficient (Wildman–Crippen LogP) is 3.42. The zero-order chi connectivity index (χ0) is 13.7. The summed E-state index contributed by atoms with van der Waals surface area (Å²) in [6.45, 7) is -0.144. The summed E-state index contributed by atoms with van der Waals surface area (Å²) in [4.78, 5) is 11.7. The lowest BCUT2D eigenvalue weighted by molar-refractivity contribution is -0.124.